The third kappa shape index (κ3) is 8.03. The lowest BCUT2D eigenvalue weighted by Crippen LogP contribution is -2.51. The molecule has 0 N–H and O–H groups in total. The predicted molar refractivity (Wildman–Crippen MR) is 161 cm³/mol. The summed E-state index contributed by atoms with van der Waals surface area (Å²) in [6.45, 7) is 9.86. The average Bonchev–Trinajstić information content (AvgIpc) is 3.51. The van der Waals surface area contributed by atoms with E-state index in [1.165, 1.54) is 31.2 Å². The Morgan fingerprint density at radius 2 is 1.56 bits per heavy atom. The van der Waals surface area contributed by atoms with E-state index < -0.39 is 6.04 Å². The fourth-order valence-electron chi connectivity index (χ4n) is 6.43. The van der Waals surface area contributed by atoms with Crippen molar-refractivity contribution in [3.05, 3.63) is 71.3 Å². The molecule has 2 aromatic rings. The van der Waals surface area contributed by atoms with E-state index in [1.54, 1.807) is 0 Å². The van der Waals surface area contributed by atoms with Crippen molar-refractivity contribution in [3.63, 3.8) is 0 Å². The largest absolute Gasteiger partial charge is 0.321 e. The lowest BCUT2D eigenvalue weighted by Gasteiger charge is -2.43. The molecule has 1 heterocycles. The number of rotatable bonds is 13. The summed E-state index contributed by atoms with van der Waals surface area (Å²) in [5.74, 6) is 0.997. The lowest BCUT2D eigenvalue weighted by atomic mass is 9.88. The normalized spacial score (nSPS) is 17.9. The van der Waals surface area contributed by atoms with Gasteiger partial charge in [-0.05, 0) is 80.7 Å². The third-order valence-corrected chi connectivity index (χ3v) is 8.90. The number of Topliss-reactive ketones (excluding diaryl/α,β-unsaturated/α-hetero) is 1. The quantitative estimate of drug-likeness (QED) is 0.247. The minimum Gasteiger partial charge on any atom is -0.321 e. The molecule has 0 aromatic heterocycles. The van der Waals surface area contributed by atoms with Crippen LogP contribution in [0.5, 0.6) is 0 Å². The van der Waals surface area contributed by atoms with E-state index in [2.05, 4.69) is 37.8 Å². The van der Waals surface area contributed by atoms with Crippen LogP contribution in [0.2, 0.25) is 0 Å². The summed E-state index contributed by atoms with van der Waals surface area (Å²) in [6, 6.07) is 17.9. The number of piperidine rings is 1. The fraction of sp³-hybridized carbons (Fsp3) is 0.600. The summed E-state index contributed by atoms with van der Waals surface area (Å²) in [5, 5.41) is 0. The van der Waals surface area contributed by atoms with Crippen LogP contribution in [0, 0.1) is 11.8 Å². The highest BCUT2D eigenvalue weighted by Gasteiger charge is 2.41. The minimum atomic E-state index is -0.516. The molecular formula is C35H50N2O2. The van der Waals surface area contributed by atoms with Crippen molar-refractivity contribution in [1.82, 2.24) is 9.80 Å². The van der Waals surface area contributed by atoms with Gasteiger partial charge in [-0.2, -0.15) is 0 Å². The molecule has 1 saturated carbocycles. The molecule has 1 aliphatic heterocycles. The summed E-state index contributed by atoms with van der Waals surface area (Å²) >= 11 is 0. The van der Waals surface area contributed by atoms with Crippen molar-refractivity contribution < 1.29 is 9.59 Å². The summed E-state index contributed by atoms with van der Waals surface area (Å²) < 4.78 is 0. The van der Waals surface area contributed by atoms with Gasteiger partial charge < -0.3 is 9.80 Å². The van der Waals surface area contributed by atoms with Crippen LogP contribution in [0.1, 0.15) is 113 Å². The number of amides is 1. The van der Waals surface area contributed by atoms with E-state index in [-0.39, 0.29) is 23.7 Å². The standard InChI is InChI=1S/C35H50N2O2/c1-4-5-7-12-28-17-19-31(20-18-28)35(39)37(32-22-25-36(26-23-32)24-21-27(2)3)33(29-13-8-6-9-14-29)34(38)30-15-10-11-16-30/h6,8-9,13-14,17-20,27,30,32-33H,4-5,7,10-12,15-16,21-26H2,1-3H3. The molecule has 4 heteroatoms. The number of carbonyl (C=O) groups is 2. The number of unbranched alkanes of at least 4 members (excludes halogenated alkanes) is 2. The first kappa shape index (κ1) is 29.5. The number of hydrogen-bond acceptors (Lipinski definition) is 3. The number of carbonyl (C=O) groups excluding carboxylic acids is 2. The average molecular weight is 531 g/mol. The van der Waals surface area contributed by atoms with E-state index in [4.69, 9.17) is 0 Å². The number of ketones is 1. The fourth-order valence-corrected chi connectivity index (χ4v) is 6.43. The summed E-state index contributed by atoms with van der Waals surface area (Å²) in [7, 11) is 0. The molecule has 4 nitrogen and oxygen atoms in total. The van der Waals surface area contributed by atoms with Gasteiger partial charge in [0.2, 0.25) is 0 Å². The van der Waals surface area contributed by atoms with Gasteiger partial charge in [0.1, 0.15) is 6.04 Å². The van der Waals surface area contributed by atoms with E-state index in [1.807, 2.05) is 47.4 Å². The van der Waals surface area contributed by atoms with Gasteiger partial charge in [0.15, 0.2) is 5.78 Å². The van der Waals surface area contributed by atoms with E-state index >= 15 is 0 Å². The Morgan fingerprint density at radius 1 is 0.897 bits per heavy atom. The monoisotopic (exact) mass is 530 g/mol. The lowest BCUT2D eigenvalue weighted by molar-refractivity contribution is -0.128. The van der Waals surface area contributed by atoms with E-state index in [0.717, 1.165) is 70.1 Å². The molecule has 1 saturated heterocycles. The number of hydrogen-bond donors (Lipinski definition) is 0. The Balaban J connectivity index is 1.63. The van der Waals surface area contributed by atoms with Crippen LogP contribution < -0.4 is 0 Å². The van der Waals surface area contributed by atoms with Gasteiger partial charge in [-0.15, -0.1) is 0 Å². The van der Waals surface area contributed by atoms with Gasteiger partial charge in [-0.1, -0.05) is 88.9 Å². The first-order valence-electron chi connectivity index (χ1n) is 15.7. The molecule has 39 heavy (non-hydrogen) atoms. The maximum Gasteiger partial charge on any atom is 0.254 e. The molecule has 2 aliphatic rings. The molecule has 2 fully saturated rings. The molecule has 1 amide bonds. The van der Waals surface area contributed by atoms with Gasteiger partial charge in [0.25, 0.3) is 5.91 Å². The molecule has 4 rings (SSSR count). The van der Waals surface area contributed by atoms with Crippen molar-refractivity contribution in [1.29, 1.82) is 0 Å². The Kier molecular flexibility index (Phi) is 11.2. The minimum absolute atomic E-state index is 0.0101. The van der Waals surface area contributed by atoms with Crippen molar-refractivity contribution in [2.45, 2.75) is 103 Å². The molecule has 0 spiro atoms. The van der Waals surface area contributed by atoms with Crippen molar-refractivity contribution in [2.75, 3.05) is 19.6 Å². The van der Waals surface area contributed by atoms with Crippen molar-refractivity contribution in [3.8, 4) is 0 Å². The summed E-state index contributed by atoms with van der Waals surface area (Å²) in [5.41, 5.74) is 2.95. The third-order valence-electron chi connectivity index (χ3n) is 8.90. The second-order valence-electron chi connectivity index (χ2n) is 12.3. The second-order valence-corrected chi connectivity index (χ2v) is 12.3. The van der Waals surface area contributed by atoms with E-state index in [0.29, 0.717) is 11.5 Å². The van der Waals surface area contributed by atoms with Gasteiger partial charge in [-0.25, -0.2) is 0 Å². The summed E-state index contributed by atoms with van der Waals surface area (Å²) in [4.78, 5) is 33.2. The van der Waals surface area contributed by atoms with Crippen LogP contribution in [0.15, 0.2) is 54.6 Å². The second kappa shape index (κ2) is 14.8. The Morgan fingerprint density at radius 3 is 2.18 bits per heavy atom. The highest BCUT2D eigenvalue weighted by atomic mass is 16.2. The van der Waals surface area contributed by atoms with E-state index in [9.17, 15) is 9.59 Å². The maximum atomic E-state index is 14.4. The van der Waals surface area contributed by atoms with Crippen LogP contribution in [0.25, 0.3) is 0 Å². The molecule has 212 valence electrons. The number of likely N-dealkylation sites (tertiary alicyclic amines) is 1. The maximum absolute atomic E-state index is 14.4. The molecule has 2 aromatic carbocycles. The molecule has 1 unspecified atom stereocenters. The SMILES string of the molecule is CCCCCc1ccc(C(=O)N(C2CCN(CCC(C)C)CC2)C(C(=O)C2CCCC2)c2ccccc2)cc1. The first-order valence-corrected chi connectivity index (χ1v) is 15.7. The zero-order valence-corrected chi connectivity index (χ0v) is 24.6. The molecule has 0 bridgehead atoms. The number of nitrogens with zero attached hydrogens (tertiary/aromatic N) is 2. The smallest absolute Gasteiger partial charge is 0.254 e. The van der Waals surface area contributed by atoms with Crippen LogP contribution in [-0.4, -0.2) is 47.2 Å². The van der Waals surface area contributed by atoms with Crippen molar-refractivity contribution in [2.24, 2.45) is 11.8 Å². The highest BCUT2D eigenvalue weighted by molar-refractivity contribution is 5.99. The molecule has 1 aliphatic carbocycles. The van der Waals surface area contributed by atoms with Crippen LogP contribution >= 0.6 is 0 Å². The Bertz CT molecular complexity index is 1020. The van der Waals surface area contributed by atoms with Gasteiger partial charge >= 0.3 is 0 Å². The van der Waals surface area contributed by atoms with Gasteiger partial charge in [0.05, 0.1) is 0 Å². The highest BCUT2D eigenvalue weighted by Crippen LogP contribution is 2.37. The van der Waals surface area contributed by atoms with Crippen molar-refractivity contribution >= 4 is 11.7 Å². The molecule has 1 atom stereocenters. The number of benzene rings is 2. The summed E-state index contributed by atoms with van der Waals surface area (Å²) in [6.07, 6.45) is 11.8. The topological polar surface area (TPSA) is 40.6 Å². The van der Waals surface area contributed by atoms with Crippen LogP contribution in [-0.2, 0) is 11.2 Å². The van der Waals surface area contributed by atoms with Gasteiger partial charge in [-0.3, -0.25) is 9.59 Å². The van der Waals surface area contributed by atoms with Crippen LogP contribution in [0.4, 0.5) is 0 Å². The zero-order chi connectivity index (χ0) is 27.6. The van der Waals surface area contributed by atoms with Gasteiger partial charge in [0, 0.05) is 30.6 Å². The molecular weight excluding hydrogens is 480 g/mol. The number of aryl methyl sites for hydroxylation is 1. The predicted octanol–water partition coefficient (Wildman–Crippen LogP) is 7.87. The molecule has 0 radical (unpaired) electrons. The first-order chi connectivity index (χ1) is 19.0. The van der Waals surface area contributed by atoms with Crippen LogP contribution in [0.3, 0.4) is 0 Å². The Hall–Kier alpha value is -2.46. The Labute approximate surface area is 237 Å². The zero-order valence-electron chi connectivity index (χ0n) is 24.6.